The average Bonchev–Trinajstić information content (AvgIpc) is 3.05. The standard InChI is InChI=1S/C15H17ClN2O3/c16-10-4-5-14-12(8-10)18(15(19)21-14)9-17-6-7-20-13-3-1-2-11(13)17/h4-5,8,11,13H,1-3,6-7,9H2/t11-,13-/m0/s1. The number of hydrogen-bond donors (Lipinski definition) is 0. The van der Waals surface area contributed by atoms with Crippen molar-refractivity contribution in [1.82, 2.24) is 9.47 Å². The minimum atomic E-state index is -0.326. The van der Waals surface area contributed by atoms with Crippen molar-refractivity contribution >= 4 is 22.7 Å². The summed E-state index contributed by atoms with van der Waals surface area (Å²) in [6, 6.07) is 5.68. The Bertz CT molecular complexity index is 723. The minimum Gasteiger partial charge on any atom is -0.408 e. The molecule has 1 saturated heterocycles. The van der Waals surface area contributed by atoms with Gasteiger partial charge in [0.2, 0.25) is 0 Å². The second-order valence-electron chi connectivity index (χ2n) is 5.77. The van der Waals surface area contributed by atoms with Gasteiger partial charge in [-0.3, -0.25) is 9.47 Å². The number of ether oxygens (including phenoxy) is 1. The third kappa shape index (κ3) is 2.29. The Morgan fingerprint density at radius 3 is 3.14 bits per heavy atom. The molecule has 112 valence electrons. The van der Waals surface area contributed by atoms with E-state index in [1.807, 2.05) is 0 Å². The van der Waals surface area contributed by atoms with Crippen molar-refractivity contribution in [3.8, 4) is 0 Å². The Kier molecular flexibility index (Phi) is 3.28. The molecule has 0 bridgehead atoms. The molecule has 0 N–H and O–H groups in total. The molecule has 4 rings (SSSR count). The maximum Gasteiger partial charge on any atom is 0.421 e. The summed E-state index contributed by atoms with van der Waals surface area (Å²) in [6.07, 6.45) is 3.76. The van der Waals surface area contributed by atoms with Gasteiger partial charge in [0.15, 0.2) is 5.58 Å². The first-order valence-corrected chi connectivity index (χ1v) is 7.75. The van der Waals surface area contributed by atoms with Gasteiger partial charge in [-0.1, -0.05) is 11.6 Å². The van der Waals surface area contributed by atoms with Crippen LogP contribution in [0.5, 0.6) is 0 Å². The van der Waals surface area contributed by atoms with E-state index in [-0.39, 0.29) is 5.76 Å². The number of rotatable bonds is 2. The van der Waals surface area contributed by atoms with Crippen LogP contribution in [0.2, 0.25) is 5.02 Å². The molecule has 1 aliphatic heterocycles. The molecule has 1 aliphatic carbocycles. The van der Waals surface area contributed by atoms with Crippen LogP contribution in [0.15, 0.2) is 27.4 Å². The van der Waals surface area contributed by atoms with E-state index in [4.69, 9.17) is 20.8 Å². The predicted molar refractivity (Wildman–Crippen MR) is 79.6 cm³/mol. The van der Waals surface area contributed by atoms with Crippen molar-refractivity contribution in [3.63, 3.8) is 0 Å². The zero-order valence-corrected chi connectivity index (χ0v) is 12.4. The van der Waals surface area contributed by atoms with Crippen LogP contribution in [0.4, 0.5) is 0 Å². The lowest BCUT2D eigenvalue weighted by atomic mass is 10.1. The van der Waals surface area contributed by atoms with Crippen molar-refractivity contribution in [2.45, 2.75) is 38.1 Å². The summed E-state index contributed by atoms with van der Waals surface area (Å²) >= 11 is 6.04. The van der Waals surface area contributed by atoms with E-state index in [9.17, 15) is 4.79 Å². The molecular weight excluding hydrogens is 292 g/mol. The molecule has 2 heterocycles. The summed E-state index contributed by atoms with van der Waals surface area (Å²) in [5, 5.41) is 0.609. The maximum atomic E-state index is 12.1. The number of halogens is 1. The van der Waals surface area contributed by atoms with Gasteiger partial charge < -0.3 is 9.15 Å². The van der Waals surface area contributed by atoms with Gasteiger partial charge in [-0.25, -0.2) is 4.79 Å². The first-order valence-electron chi connectivity index (χ1n) is 7.37. The fourth-order valence-corrected chi connectivity index (χ4v) is 3.70. The zero-order chi connectivity index (χ0) is 14.4. The van der Waals surface area contributed by atoms with Gasteiger partial charge >= 0.3 is 5.76 Å². The van der Waals surface area contributed by atoms with Crippen LogP contribution < -0.4 is 5.76 Å². The highest BCUT2D eigenvalue weighted by Crippen LogP contribution is 2.30. The fraction of sp³-hybridized carbons (Fsp3) is 0.533. The number of hydrogen-bond acceptors (Lipinski definition) is 4. The molecule has 2 aliphatic rings. The van der Waals surface area contributed by atoms with Crippen LogP contribution in [0, 0.1) is 0 Å². The minimum absolute atomic E-state index is 0.316. The lowest BCUT2D eigenvalue weighted by molar-refractivity contribution is -0.0669. The Morgan fingerprint density at radius 1 is 1.33 bits per heavy atom. The van der Waals surface area contributed by atoms with Crippen LogP contribution >= 0.6 is 11.6 Å². The van der Waals surface area contributed by atoms with E-state index < -0.39 is 0 Å². The Balaban J connectivity index is 1.69. The van der Waals surface area contributed by atoms with Crippen molar-refractivity contribution < 1.29 is 9.15 Å². The predicted octanol–water partition coefficient (Wildman–Crippen LogP) is 2.46. The third-order valence-corrected chi connectivity index (χ3v) is 4.78. The number of morpholine rings is 1. The van der Waals surface area contributed by atoms with Gasteiger partial charge in [-0.05, 0) is 37.5 Å². The Hall–Kier alpha value is -1.30. The van der Waals surface area contributed by atoms with E-state index in [1.54, 1.807) is 22.8 Å². The SMILES string of the molecule is O=c1oc2ccc(Cl)cc2n1CN1CCO[C@H]2CCC[C@@H]21. The normalized spacial score (nSPS) is 26.3. The van der Waals surface area contributed by atoms with Crippen molar-refractivity contribution in [1.29, 1.82) is 0 Å². The maximum absolute atomic E-state index is 12.1. The summed E-state index contributed by atoms with van der Waals surface area (Å²) in [7, 11) is 0. The summed E-state index contributed by atoms with van der Waals surface area (Å²) in [5.74, 6) is -0.326. The van der Waals surface area contributed by atoms with Gasteiger partial charge in [0.1, 0.15) is 0 Å². The number of aromatic nitrogens is 1. The quantitative estimate of drug-likeness (QED) is 0.855. The van der Waals surface area contributed by atoms with Crippen LogP contribution in [0.1, 0.15) is 19.3 Å². The topological polar surface area (TPSA) is 47.6 Å². The molecule has 5 nitrogen and oxygen atoms in total. The van der Waals surface area contributed by atoms with Crippen LogP contribution in [-0.4, -0.2) is 34.8 Å². The molecular formula is C15H17ClN2O3. The number of nitrogens with zero attached hydrogens (tertiary/aromatic N) is 2. The lowest BCUT2D eigenvalue weighted by Crippen LogP contribution is -2.49. The second kappa shape index (κ2) is 5.16. The first-order chi connectivity index (χ1) is 10.2. The first kappa shape index (κ1) is 13.4. The Labute approximate surface area is 127 Å². The van der Waals surface area contributed by atoms with Crippen LogP contribution in [-0.2, 0) is 11.4 Å². The molecule has 6 heteroatoms. The zero-order valence-electron chi connectivity index (χ0n) is 11.6. The molecule has 2 fully saturated rings. The van der Waals surface area contributed by atoms with Gasteiger partial charge in [-0.2, -0.15) is 0 Å². The summed E-state index contributed by atoms with van der Waals surface area (Å²) in [6.45, 7) is 2.12. The number of benzene rings is 1. The van der Waals surface area contributed by atoms with E-state index in [1.165, 1.54) is 6.42 Å². The summed E-state index contributed by atoms with van der Waals surface area (Å²) in [4.78, 5) is 14.4. The fourth-order valence-electron chi connectivity index (χ4n) is 3.53. The molecule has 1 aromatic heterocycles. The molecule has 0 unspecified atom stereocenters. The lowest BCUT2D eigenvalue weighted by Gasteiger charge is -2.37. The third-order valence-electron chi connectivity index (χ3n) is 4.55. The van der Waals surface area contributed by atoms with Crippen LogP contribution in [0.25, 0.3) is 11.1 Å². The van der Waals surface area contributed by atoms with Crippen molar-refractivity contribution in [2.75, 3.05) is 13.2 Å². The molecule has 1 aromatic carbocycles. The molecule has 0 spiro atoms. The molecule has 21 heavy (non-hydrogen) atoms. The van der Waals surface area contributed by atoms with Gasteiger partial charge in [-0.15, -0.1) is 0 Å². The highest BCUT2D eigenvalue weighted by Gasteiger charge is 2.36. The van der Waals surface area contributed by atoms with E-state index >= 15 is 0 Å². The van der Waals surface area contributed by atoms with Crippen molar-refractivity contribution in [2.24, 2.45) is 0 Å². The van der Waals surface area contributed by atoms with Gasteiger partial charge in [0, 0.05) is 17.6 Å². The number of fused-ring (bicyclic) bond motifs is 2. The smallest absolute Gasteiger partial charge is 0.408 e. The Morgan fingerprint density at radius 2 is 2.24 bits per heavy atom. The molecule has 0 radical (unpaired) electrons. The number of oxazole rings is 1. The van der Waals surface area contributed by atoms with Gasteiger partial charge in [0.05, 0.1) is 24.9 Å². The molecule has 1 saturated carbocycles. The van der Waals surface area contributed by atoms with E-state index in [0.29, 0.717) is 29.4 Å². The van der Waals surface area contributed by atoms with Crippen LogP contribution in [0.3, 0.4) is 0 Å². The largest absolute Gasteiger partial charge is 0.421 e. The summed E-state index contributed by atoms with van der Waals surface area (Å²) in [5.41, 5.74) is 1.34. The monoisotopic (exact) mass is 308 g/mol. The molecule has 2 atom stereocenters. The van der Waals surface area contributed by atoms with Crippen molar-refractivity contribution in [3.05, 3.63) is 33.8 Å². The highest BCUT2D eigenvalue weighted by molar-refractivity contribution is 6.31. The molecule has 0 amide bonds. The van der Waals surface area contributed by atoms with Gasteiger partial charge in [0.25, 0.3) is 0 Å². The van der Waals surface area contributed by atoms with E-state index in [0.717, 1.165) is 31.5 Å². The molecule has 2 aromatic rings. The summed E-state index contributed by atoms with van der Waals surface area (Å²) < 4.78 is 12.8. The van der Waals surface area contributed by atoms with E-state index in [2.05, 4.69) is 4.90 Å². The highest BCUT2D eigenvalue weighted by atomic mass is 35.5. The second-order valence-corrected chi connectivity index (χ2v) is 6.21. The average molecular weight is 309 g/mol.